The summed E-state index contributed by atoms with van der Waals surface area (Å²) >= 11 is 0. The monoisotopic (exact) mass is 458 g/mol. The Kier molecular flexibility index (Phi) is 11.9. The highest BCUT2D eigenvalue weighted by Crippen LogP contribution is 2.04. The van der Waals surface area contributed by atoms with Gasteiger partial charge in [-0.2, -0.15) is 0 Å². The second kappa shape index (κ2) is 12.7. The summed E-state index contributed by atoms with van der Waals surface area (Å²) in [5.74, 6) is 0.622. The lowest BCUT2D eigenvalue weighted by atomic mass is 10.1. The van der Waals surface area contributed by atoms with Crippen LogP contribution in [0.15, 0.2) is 47.5 Å². The van der Waals surface area contributed by atoms with E-state index in [0.29, 0.717) is 12.5 Å². The summed E-state index contributed by atoms with van der Waals surface area (Å²) in [5.41, 5.74) is 2.34. The molecule has 0 aliphatic rings. The van der Waals surface area contributed by atoms with Crippen LogP contribution in [-0.4, -0.2) is 50.0 Å². The van der Waals surface area contributed by atoms with E-state index >= 15 is 0 Å². The van der Waals surface area contributed by atoms with Crippen molar-refractivity contribution in [2.45, 2.75) is 32.7 Å². The highest BCUT2D eigenvalue weighted by atomic mass is 127. The Morgan fingerprint density at radius 1 is 1.28 bits per heavy atom. The largest absolute Gasteiger partial charge is 0.354 e. The fourth-order valence-electron chi connectivity index (χ4n) is 2.01. The molecular formula is C19H31IN4O. The Labute approximate surface area is 169 Å². The number of halogens is 1. The summed E-state index contributed by atoms with van der Waals surface area (Å²) < 4.78 is 0. The van der Waals surface area contributed by atoms with Gasteiger partial charge in [-0.05, 0) is 32.3 Å². The van der Waals surface area contributed by atoms with Gasteiger partial charge >= 0.3 is 0 Å². The van der Waals surface area contributed by atoms with Crippen LogP contribution in [0.3, 0.4) is 0 Å². The summed E-state index contributed by atoms with van der Waals surface area (Å²) in [5, 5.41) is 6.58. The molecule has 0 fully saturated rings. The predicted octanol–water partition coefficient (Wildman–Crippen LogP) is 2.83. The van der Waals surface area contributed by atoms with E-state index in [1.807, 2.05) is 13.0 Å². The summed E-state index contributed by atoms with van der Waals surface area (Å²) in [6, 6.07) is 10.7. The number of likely N-dealkylation sites (N-methyl/N-ethyl adjacent to an activating group) is 1. The molecule has 0 saturated carbocycles. The fourth-order valence-corrected chi connectivity index (χ4v) is 2.01. The Bertz CT molecular complexity index is 558. The van der Waals surface area contributed by atoms with Gasteiger partial charge in [0.15, 0.2) is 5.96 Å². The van der Waals surface area contributed by atoms with Crippen molar-refractivity contribution < 1.29 is 4.79 Å². The van der Waals surface area contributed by atoms with Crippen LogP contribution in [0.4, 0.5) is 0 Å². The number of benzene rings is 1. The minimum Gasteiger partial charge on any atom is -0.354 e. The number of aliphatic imine (C=N–C) groups is 1. The summed E-state index contributed by atoms with van der Waals surface area (Å²) in [7, 11) is 3.46. The maximum Gasteiger partial charge on any atom is 0.243 e. The van der Waals surface area contributed by atoms with Gasteiger partial charge in [-0.1, -0.05) is 42.5 Å². The summed E-state index contributed by atoms with van der Waals surface area (Å²) in [6.45, 7) is 8.72. The molecule has 25 heavy (non-hydrogen) atoms. The Hall–Kier alpha value is -1.57. The molecule has 1 atom stereocenters. The number of aryl methyl sites for hydroxylation is 1. The average molecular weight is 458 g/mol. The van der Waals surface area contributed by atoms with Gasteiger partial charge in [0.05, 0.1) is 0 Å². The number of nitrogens with zero attached hydrogens (tertiary/aromatic N) is 2. The Morgan fingerprint density at radius 3 is 2.48 bits per heavy atom. The van der Waals surface area contributed by atoms with E-state index in [1.165, 1.54) is 5.56 Å². The molecular weight excluding hydrogens is 427 g/mol. The number of hydrogen-bond acceptors (Lipinski definition) is 2. The van der Waals surface area contributed by atoms with E-state index in [9.17, 15) is 4.79 Å². The molecule has 5 nitrogen and oxygen atoms in total. The van der Waals surface area contributed by atoms with Gasteiger partial charge in [0.25, 0.3) is 0 Å². The molecule has 0 spiro atoms. The lowest BCUT2D eigenvalue weighted by molar-refractivity contribution is -0.127. The van der Waals surface area contributed by atoms with Crippen molar-refractivity contribution in [3.05, 3.63) is 48.0 Å². The van der Waals surface area contributed by atoms with Gasteiger partial charge in [0.2, 0.25) is 5.91 Å². The van der Waals surface area contributed by atoms with Gasteiger partial charge in [0, 0.05) is 26.7 Å². The highest BCUT2D eigenvalue weighted by molar-refractivity contribution is 14.0. The molecule has 1 aromatic rings. The molecule has 1 rings (SSSR count). The molecule has 6 heteroatoms. The van der Waals surface area contributed by atoms with E-state index in [2.05, 4.69) is 53.4 Å². The number of amides is 1. The van der Waals surface area contributed by atoms with E-state index in [1.54, 1.807) is 19.0 Å². The number of hydrogen-bond donors (Lipinski definition) is 2. The van der Waals surface area contributed by atoms with Crippen LogP contribution >= 0.6 is 24.0 Å². The van der Waals surface area contributed by atoms with Gasteiger partial charge in [-0.3, -0.25) is 4.79 Å². The van der Waals surface area contributed by atoms with Crippen molar-refractivity contribution in [2.24, 2.45) is 4.99 Å². The number of rotatable bonds is 8. The number of guanidine groups is 1. The molecule has 0 aliphatic carbocycles. The third-order valence-corrected chi connectivity index (χ3v) is 3.52. The molecule has 2 N–H and O–H groups in total. The number of carbonyl (C=O) groups is 1. The van der Waals surface area contributed by atoms with Crippen LogP contribution in [0, 0.1) is 0 Å². The van der Waals surface area contributed by atoms with E-state index in [4.69, 9.17) is 0 Å². The first-order valence-electron chi connectivity index (χ1n) is 8.31. The van der Waals surface area contributed by atoms with Crippen molar-refractivity contribution in [1.29, 1.82) is 0 Å². The minimum absolute atomic E-state index is 0. The van der Waals surface area contributed by atoms with Gasteiger partial charge in [-0.15, -0.1) is 24.0 Å². The maximum absolute atomic E-state index is 11.7. The zero-order valence-electron chi connectivity index (χ0n) is 15.7. The highest BCUT2D eigenvalue weighted by Gasteiger charge is 2.08. The topological polar surface area (TPSA) is 56.7 Å². The second-order valence-corrected chi connectivity index (χ2v) is 6.33. The fraction of sp³-hybridized carbons (Fsp3) is 0.474. The second-order valence-electron chi connectivity index (χ2n) is 6.33. The third-order valence-electron chi connectivity index (χ3n) is 3.52. The van der Waals surface area contributed by atoms with Crippen LogP contribution in [0.5, 0.6) is 0 Å². The first kappa shape index (κ1) is 23.4. The maximum atomic E-state index is 11.7. The molecule has 0 radical (unpaired) electrons. The van der Waals surface area contributed by atoms with Crippen molar-refractivity contribution >= 4 is 35.8 Å². The lowest BCUT2D eigenvalue weighted by Crippen LogP contribution is -2.43. The molecule has 1 unspecified atom stereocenters. The van der Waals surface area contributed by atoms with Crippen LogP contribution in [-0.2, 0) is 11.2 Å². The van der Waals surface area contributed by atoms with Crippen molar-refractivity contribution in [1.82, 2.24) is 15.5 Å². The van der Waals surface area contributed by atoms with Gasteiger partial charge in [0.1, 0.15) is 6.54 Å². The zero-order chi connectivity index (χ0) is 17.9. The van der Waals surface area contributed by atoms with Crippen molar-refractivity contribution in [2.75, 3.05) is 27.2 Å². The lowest BCUT2D eigenvalue weighted by Gasteiger charge is -2.19. The smallest absolute Gasteiger partial charge is 0.243 e. The minimum atomic E-state index is -0.0247. The van der Waals surface area contributed by atoms with Crippen LogP contribution in [0.2, 0.25) is 0 Å². The number of carbonyl (C=O) groups excluding carboxylic acids is 1. The van der Waals surface area contributed by atoms with Gasteiger partial charge < -0.3 is 15.5 Å². The molecule has 0 aliphatic heterocycles. The van der Waals surface area contributed by atoms with E-state index < -0.39 is 0 Å². The summed E-state index contributed by atoms with van der Waals surface area (Å²) in [4.78, 5) is 17.6. The molecule has 1 aromatic carbocycles. The molecule has 0 bridgehead atoms. The predicted molar refractivity (Wildman–Crippen MR) is 117 cm³/mol. The third kappa shape index (κ3) is 10.8. The molecule has 0 saturated heterocycles. The summed E-state index contributed by atoms with van der Waals surface area (Å²) in [6.07, 6.45) is 1.98. The normalized spacial score (nSPS) is 11.9. The first-order valence-corrected chi connectivity index (χ1v) is 8.31. The van der Waals surface area contributed by atoms with Gasteiger partial charge in [-0.25, -0.2) is 4.99 Å². The van der Waals surface area contributed by atoms with Crippen molar-refractivity contribution in [3.63, 3.8) is 0 Å². The van der Waals surface area contributed by atoms with E-state index in [0.717, 1.165) is 18.4 Å². The molecule has 0 heterocycles. The molecule has 1 amide bonds. The average Bonchev–Trinajstić information content (AvgIpc) is 2.55. The molecule has 140 valence electrons. The Balaban J connectivity index is 0.00000576. The van der Waals surface area contributed by atoms with Crippen LogP contribution in [0.25, 0.3) is 0 Å². The standard InChI is InChI=1S/C19H30N4O.HI/c1-15(2)13-20-19(21-14-18(24)23(4)5)22-16(3)11-12-17-9-7-6-8-10-17;/h6-10,16H,1,11-14H2,2-5H3,(H2,20,21,22);1H. The quantitative estimate of drug-likeness (QED) is 0.273. The first-order chi connectivity index (χ1) is 11.4. The Morgan fingerprint density at radius 2 is 1.92 bits per heavy atom. The zero-order valence-corrected chi connectivity index (χ0v) is 18.0. The van der Waals surface area contributed by atoms with Crippen LogP contribution in [0.1, 0.15) is 25.8 Å². The SMILES string of the molecule is C=C(C)CNC(=NCC(=O)N(C)C)NC(C)CCc1ccccc1.I. The molecule has 0 aromatic heterocycles. The van der Waals surface area contributed by atoms with Crippen molar-refractivity contribution in [3.8, 4) is 0 Å². The van der Waals surface area contributed by atoms with Crippen LogP contribution < -0.4 is 10.6 Å². The number of nitrogens with one attached hydrogen (secondary N) is 2. The van der Waals surface area contributed by atoms with E-state index in [-0.39, 0.29) is 42.5 Å².